The standard InChI is InChI=1S/C13H13BrN2O3/c1-8-9(6-12(19-8)13(17)16-15)7-18-11-4-2-10(14)3-5-11/h2-6H,7,15H2,1H3,(H,16,17). The van der Waals surface area contributed by atoms with Crippen molar-refractivity contribution >= 4 is 21.8 Å². The zero-order valence-electron chi connectivity index (χ0n) is 10.3. The van der Waals surface area contributed by atoms with Crippen LogP contribution in [0.2, 0.25) is 0 Å². The van der Waals surface area contributed by atoms with Crippen LogP contribution in [0.4, 0.5) is 0 Å². The Labute approximate surface area is 118 Å². The van der Waals surface area contributed by atoms with Gasteiger partial charge in [-0.1, -0.05) is 15.9 Å². The molecule has 100 valence electrons. The molecule has 0 atom stereocenters. The second-order valence-electron chi connectivity index (χ2n) is 3.91. The summed E-state index contributed by atoms with van der Waals surface area (Å²) >= 11 is 3.35. The van der Waals surface area contributed by atoms with E-state index >= 15 is 0 Å². The van der Waals surface area contributed by atoms with E-state index in [1.165, 1.54) is 0 Å². The number of carbonyl (C=O) groups is 1. The Morgan fingerprint density at radius 2 is 2.11 bits per heavy atom. The molecule has 2 aromatic rings. The lowest BCUT2D eigenvalue weighted by Crippen LogP contribution is -2.29. The molecule has 0 aliphatic rings. The molecule has 19 heavy (non-hydrogen) atoms. The molecule has 5 nitrogen and oxygen atoms in total. The Morgan fingerprint density at radius 3 is 2.74 bits per heavy atom. The summed E-state index contributed by atoms with van der Waals surface area (Å²) in [5, 5.41) is 0. The van der Waals surface area contributed by atoms with Crippen LogP contribution in [0.25, 0.3) is 0 Å². The predicted octanol–water partition coefficient (Wildman–Crippen LogP) is 2.53. The summed E-state index contributed by atoms with van der Waals surface area (Å²) in [7, 11) is 0. The van der Waals surface area contributed by atoms with Gasteiger partial charge in [-0.3, -0.25) is 10.2 Å². The van der Waals surface area contributed by atoms with Crippen molar-refractivity contribution < 1.29 is 13.9 Å². The van der Waals surface area contributed by atoms with Gasteiger partial charge in [-0.05, 0) is 37.3 Å². The van der Waals surface area contributed by atoms with Crippen LogP contribution in [-0.2, 0) is 6.61 Å². The Morgan fingerprint density at radius 1 is 1.42 bits per heavy atom. The number of rotatable bonds is 4. The first-order valence-electron chi connectivity index (χ1n) is 5.59. The number of nitrogens with one attached hydrogen (secondary N) is 1. The van der Waals surface area contributed by atoms with Crippen LogP contribution in [0.1, 0.15) is 21.9 Å². The fraction of sp³-hybridized carbons (Fsp3) is 0.154. The fourth-order valence-electron chi connectivity index (χ4n) is 1.54. The van der Waals surface area contributed by atoms with Crippen LogP contribution in [0, 0.1) is 6.92 Å². The lowest BCUT2D eigenvalue weighted by atomic mass is 10.2. The molecule has 1 aromatic carbocycles. The summed E-state index contributed by atoms with van der Waals surface area (Å²) < 4.78 is 11.9. The number of carbonyl (C=O) groups excluding carboxylic acids is 1. The predicted molar refractivity (Wildman–Crippen MR) is 73.6 cm³/mol. The van der Waals surface area contributed by atoms with Gasteiger partial charge in [-0.25, -0.2) is 5.84 Å². The third kappa shape index (κ3) is 3.36. The Balaban J connectivity index is 2.05. The van der Waals surface area contributed by atoms with Crippen molar-refractivity contribution in [1.82, 2.24) is 5.43 Å². The maximum Gasteiger partial charge on any atom is 0.300 e. The van der Waals surface area contributed by atoms with Crippen LogP contribution in [0.5, 0.6) is 5.75 Å². The first-order chi connectivity index (χ1) is 9.10. The number of benzene rings is 1. The molecule has 1 amide bonds. The van der Waals surface area contributed by atoms with Gasteiger partial charge in [0.1, 0.15) is 18.1 Å². The molecule has 6 heteroatoms. The van der Waals surface area contributed by atoms with Crippen LogP contribution >= 0.6 is 15.9 Å². The molecule has 0 spiro atoms. The van der Waals surface area contributed by atoms with Gasteiger partial charge >= 0.3 is 5.91 Å². The van der Waals surface area contributed by atoms with Crippen molar-refractivity contribution in [2.45, 2.75) is 13.5 Å². The summed E-state index contributed by atoms with van der Waals surface area (Å²) in [6, 6.07) is 9.12. The number of amides is 1. The lowest BCUT2D eigenvalue weighted by Gasteiger charge is -2.04. The number of halogens is 1. The number of nitrogens with two attached hydrogens (primary N) is 1. The first kappa shape index (κ1) is 13.6. The molecule has 1 heterocycles. The minimum Gasteiger partial charge on any atom is -0.489 e. The number of hydrogen-bond donors (Lipinski definition) is 2. The van der Waals surface area contributed by atoms with E-state index in [1.807, 2.05) is 29.7 Å². The first-order valence-corrected chi connectivity index (χ1v) is 6.38. The number of hydrazine groups is 1. The molecule has 3 N–H and O–H groups in total. The van der Waals surface area contributed by atoms with Gasteiger partial charge < -0.3 is 9.15 Å². The van der Waals surface area contributed by atoms with Gasteiger partial charge in [0.05, 0.1) is 0 Å². The van der Waals surface area contributed by atoms with Crippen LogP contribution < -0.4 is 16.0 Å². The smallest absolute Gasteiger partial charge is 0.300 e. The average Bonchev–Trinajstić information content (AvgIpc) is 2.79. The van der Waals surface area contributed by atoms with Gasteiger partial charge in [0, 0.05) is 10.0 Å². The molecule has 1 aromatic heterocycles. The number of furan rings is 1. The van der Waals surface area contributed by atoms with E-state index in [1.54, 1.807) is 13.0 Å². The van der Waals surface area contributed by atoms with E-state index in [9.17, 15) is 4.79 Å². The molecule has 0 aliphatic carbocycles. The molecule has 0 radical (unpaired) electrons. The number of hydrogen-bond acceptors (Lipinski definition) is 4. The van der Waals surface area contributed by atoms with E-state index in [2.05, 4.69) is 15.9 Å². The van der Waals surface area contributed by atoms with E-state index in [0.29, 0.717) is 12.4 Å². The van der Waals surface area contributed by atoms with Crippen molar-refractivity contribution in [3.05, 3.63) is 51.9 Å². The van der Waals surface area contributed by atoms with Gasteiger partial charge in [-0.2, -0.15) is 0 Å². The van der Waals surface area contributed by atoms with Crippen molar-refractivity contribution in [2.75, 3.05) is 0 Å². The number of aryl methyl sites for hydroxylation is 1. The second-order valence-corrected chi connectivity index (χ2v) is 4.82. The SMILES string of the molecule is Cc1oc(C(=O)NN)cc1COc1ccc(Br)cc1. The zero-order valence-corrected chi connectivity index (χ0v) is 11.9. The molecule has 0 saturated heterocycles. The highest BCUT2D eigenvalue weighted by atomic mass is 79.9. The van der Waals surface area contributed by atoms with Crippen molar-refractivity contribution in [3.63, 3.8) is 0 Å². The largest absolute Gasteiger partial charge is 0.489 e. The molecule has 0 aliphatic heterocycles. The van der Waals surface area contributed by atoms with E-state index < -0.39 is 5.91 Å². The minimum absolute atomic E-state index is 0.175. The molecule has 0 saturated carbocycles. The summed E-state index contributed by atoms with van der Waals surface area (Å²) in [4.78, 5) is 11.3. The van der Waals surface area contributed by atoms with Gasteiger partial charge in [0.15, 0.2) is 5.76 Å². The van der Waals surface area contributed by atoms with E-state index in [0.717, 1.165) is 15.8 Å². The molecule has 0 fully saturated rings. The molecule has 2 rings (SSSR count). The maximum absolute atomic E-state index is 11.3. The van der Waals surface area contributed by atoms with Crippen LogP contribution in [0.15, 0.2) is 39.2 Å². The quantitative estimate of drug-likeness (QED) is 0.514. The Bertz CT molecular complexity index is 578. The zero-order chi connectivity index (χ0) is 13.8. The molecular weight excluding hydrogens is 312 g/mol. The highest BCUT2D eigenvalue weighted by Crippen LogP contribution is 2.20. The topological polar surface area (TPSA) is 77.5 Å². The highest BCUT2D eigenvalue weighted by Gasteiger charge is 2.13. The third-order valence-electron chi connectivity index (χ3n) is 2.58. The van der Waals surface area contributed by atoms with Crippen molar-refractivity contribution in [2.24, 2.45) is 5.84 Å². The number of ether oxygens (including phenoxy) is 1. The second kappa shape index (κ2) is 5.90. The molecule has 0 bridgehead atoms. The monoisotopic (exact) mass is 324 g/mol. The van der Waals surface area contributed by atoms with Crippen LogP contribution in [-0.4, -0.2) is 5.91 Å². The van der Waals surface area contributed by atoms with Gasteiger partial charge in [0.25, 0.3) is 0 Å². The van der Waals surface area contributed by atoms with Gasteiger partial charge in [-0.15, -0.1) is 0 Å². The molecular formula is C13H13BrN2O3. The minimum atomic E-state index is -0.460. The normalized spacial score (nSPS) is 10.3. The maximum atomic E-state index is 11.3. The lowest BCUT2D eigenvalue weighted by molar-refractivity contribution is 0.0924. The Kier molecular flexibility index (Phi) is 4.24. The van der Waals surface area contributed by atoms with Gasteiger partial charge in [0.2, 0.25) is 0 Å². The summed E-state index contributed by atoms with van der Waals surface area (Å²) in [5.41, 5.74) is 2.83. The average molecular weight is 325 g/mol. The fourth-order valence-corrected chi connectivity index (χ4v) is 1.80. The Hall–Kier alpha value is -1.79. The van der Waals surface area contributed by atoms with Crippen molar-refractivity contribution in [1.29, 1.82) is 0 Å². The highest BCUT2D eigenvalue weighted by molar-refractivity contribution is 9.10. The summed E-state index contributed by atoms with van der Waals surface area (Å²) in [5.74, 6) is 6.14. The molecule has 0 unspecified atom stereocenters. The van der Waals surface area contributed by atoms with Crippen LogP contribution in [0.3, 0.4) is 0 Å². The summed E-state index contributed by atoms with van der Waals surface area (Å²) in [6.45, 7) is 2.10. The van der Waals surface area contributed by atoms with E-state index in [4.69, 9.17) is 15.0 Å². The van der Waals surface area contributed by atoms with Crippen molar-refractivity contribution in [3.8, 4) is 5.75 Å². The third-order valence-corrected chi connectivity index (χ3v) is 3.11. The number of nitrogen functional groups attached to an aromatic ring is 1. The van der Waals surface area contributed by atoms with E-state index in [-0.39, 0.29) is 5.76 Å². The summed E-state index contributed by atoms with van der Waals surface area (Å²) in [6.07, 6.45) is 0.